The number of quaternary nitrogens is 1. The largest absolute Gasteiger partial charge is 0.457 e. The second-order valence-corrected chi connectivity index (χ2v) is 8.16. The summed E-state index contributed by atoms with van der Waals surface area (Å²) in [5.41, 5.74) is 0. The molecule has 5 heteroatoms. The first-order valence-corrected chi connectivity index (χ1v) is 11.2. The number of hydrogen-bond acceptors (Lipinski definition) is 3. The van der Waals surface area contributed by atoms with Crippen molar-refractivity contribution in [3.63, 3.8) is 0 Å². The number of amides is 1. The normalized spacial score (nSPS) is 15.1. The van der Waals surface area contributed by atoms with E-state index in [1.165, 1.54) is 30.7 Å². The maximum absolute atomic E-state index is 12.6. The molecule has 162 valence electrons. The summed E-state index contributed by atoms with van der Waals surface area (Å²) in [7, 11) is 0. The Bertz CT molecular complexity index is 772. The van der Waals surface area contributed by atoms with E-state index in [9.17, 15) is 4.79 Å². The minimum Gasteiger partial charge on any atom is -0.457 e. The minimum absolute atomic E-state index is 0.257. The predicted molar refractivity (Wildman–Crippen MR) is 120 cm³/mol. The Morgan fingerprint density at radius 2 is 1.40 bits per heavy atom. The van der Waals surface area contributed by atoms with Crippen LogP contribution in [0.25, 0.3) is 0 Å². The third-order valence-corrected chi connectivity index (χ3v) is 6.54. The molecule has 0 atom stereocenters. The van der Waals surface area contributed by atoms with E-state index >= 15 is 0 Å². The molecular weight excluding hydrogens is 376 g/mol. The van der Waals surface area contributed by atoms with Crippen molar-refractivity contribution in [1.82, 2.24) is 4.90 Å². The van der Waals surface area contributed by atoms with Crippen molar-refractivity contribution in [3.8, 4) is 17.2 Å². The number of likely N-dealkylation sites (tertiary alicyclic amines) is 1. The Morgan fingerprint density at radius 3 is 1.97 bits per heavy atom. The molecule has 3 rings (SSSR count). The van der Waals surface area contributed by atoms with Gasteiger partial charge in [-0.2, -0.15) is 0 Å². The van der Waals surface area contributed by atoms with Gasteiger partial charge in [-0.3, -0.25) is 0 Å². The third-order valence-electron chi connectivity index (χ3n) is 6.54. The summed E-state index contributed by atoms with van der Waals surface area (Å²) >= 11 is 0. The lowest BCUT2D eigenvalue weighted by atomic mass is 9.95. The van der Waals surface area contributed by atoms with Gasteiger partial charge in [0.15, 0.2) is 0 Å². The third kappa shape index (κ3) is 5.76. The second-order valence-electron chi connectivity index (χ2n) is 8.16. The smallest absolute Gasteiger partial charge is 0.415 e. The van der Waals surface area contributed by atoms with Crippen molar-refractivity contribution >= 4 is 6.09 Å². The van der Waals surface area contributed by atoms with Crippen molar-refractivity contribution in [3.05, 3.63) is 54.6 Å². The Kier molecular flexibility index (Phi) is 7.75. The van der Waals surface area contributed by atoms with Gasteiger partial charge in [0.25, 0.3) is 0 Å². The van der Waals surface area contributed by atoms with Crippen LogP contribution in [0.4, 0.5) is 4.79 Å². The molecule has 0 N–H and O–H groups in total. The van der Waals surface area contributed by atoms with Crippen LogP contribution in [0.15, 0.2) is 54.6 Å². The fourth-order valence-corrected chi connectivity index (χ4v) is 4.27. The zero-order valence-electron chi connectivity index (χ0n) is 18.5. The monoisotopic (exact) mass is 411 g/mol. The zero-order chi connectivity index (χ0) is 21.4. The molecule has 1 heterocycles. The Morgan fingerprint density at radius 1 is 0.867 bits per heavy atom. The highest BCUT2D eigenvalue weighted by Crippen LogP contribution is 2.25. The molecule has 1 saturated heterocycles. The van der Waals surface area contributed by atoms with E-state index in [0.717, 1.165) is 31.7 Å². The lowest BCUT2D eigenvalue weighted by Gasteiger charge is -2.41. The highest BCUT2D eigenvalue weighted by atomic mass is 16.6. The van der Waals surface area contributed by atoms with E-state index in [1.54, 1.807) is 12.1 Å². The summed E-state index contributed by atoms with van der Waals surface area (Å²) in [5.74, 6) is 2.72. The molecule has 2 aromatic carbocycles. The van der Waals surface area contributed by atoms with Crippen LogP contribution in [0.1, 0.15) is 33.6 Å². The summed E-state index contributed by atoms with van der Waals surface area (Å²) in [5, 5.41) is 0. The molecule has 1 amide bonds. The predicted octanol–water partition coefficient (Wildman–Crippen LogP) is 5.57. The van der Waals surface area contributed by atoms with Crippen molar-refractivity contribution in [2.24, 2.45) is 5.92 Å². The number of para-hydroxylation sites is 1. The average molecular weight is 412 g/mol. The quantitative estimate of drug-likeness (QED) is 0.533. The van der Waals surface area contributed by atoms with Gasteiger partial charge in [-0.25, -0.2) is 4.79 Å². The molecule has 0 aromatic heterocycles. The average Bonchev–Trinajstić information content (AvgIpc) is 2.80. The molecule has 0 saturated carbocycles. The number of hydrogen-bond donors (Lipinski definition) is 0. The maximum Gasteiger partial charge on any atom is 0.415 e. The van der Waals surface area contributed by atoms with E-state index in [2.05, 4.69) is 20.8 Å². The summed E-state index contributed by atoms with van der Waals surface area (Å²) in [4.78, 5) is 14.4. The van der Waals surface area contributed by atoms with Crippen LogP contribution in [0, 0.1) is 5.92 Å². The van der Waals surface area contributed by atoms with Crippen molar-refractivity contribution in [2.45, 2.75) is 33.6 Å². The SMILES string of the molecule is CC[N+](CC)(CC)CC1CCN(C(=O)Oc2ccc(Oc3ccccc3)cc2)CC1. The topological polar surface area (TPSA) is 38.8 Å². The van der Waals surface area contributed by atoms with Gasteiger partial charge in [0.2, 0.25) is 0 Å². The number of piperidine rings is 1. The summed E-state index contributed by atoms with van der Waals surface area (Å²) in [6.07, 6.45) is 1.85. The Balaban J connectivity index is 1.47. The number of rotatable bonds is 8. The van der Waals surface area contributed by atoms with Crippen LogP contribution < -0.4 is 9.47 Å². The van der Waals surface area contributed by atoms with Crippen LogP contribution >= 0.6 is 0 Å². The van der Waals surface area contributed by atoms with Gasteiger partial charge < -0.3 is 18.9 Å². The molecule has 0 unspecified atom stereocenters. The van der Waals surface area contributed by atoms with E-state index in [-0.39, 0.29) is 6.09 Å². The van der Waals surface area contributed by atoms with Crippen LogP contribution in [-0.4, -0.2) is 54.7 Å². The van der Waals surface area contributed by atoms with Crippen LogP contribution in [0.2, 0.25) is 0 Å². The molecule has 1 aliphatic heterocycles. The van der Waals surface area contributed by atoms with Gasteiger partial charge >= 0.3 is 6.09 Å². The number of carbonyl (C=O) groups excluding carboxylic acids is 1. The van der Waals surface area contributed by atoms with Gasteiger partial charge in [0.05, 0.1) is 26.2 Å². The minimum atomic E-state index is -0.257. The highest BCUT2D eigenvalue weighted by molar-refractivity contribution is 5.70. The van der Waals surface area contributed by atoms with E-state index in [0.29, 0.717) is 17.4 Å². The first-order chi connectivity index (χ1) is 14.6. The number of nitrogens with zero attached hydrogens (tertiary/aromatic N) is 2. The summed E-state index contributed by atoms with van der Waals surface area (Å²) < 4.78 is 12.5. The van der Waals surface area contributed by atoms with E-state index < -0.39 is 0 Å². The van der Waals surface area contributed by atoms with E-state index in [1.807, 2.05) is 47.4 Å². The Hall–Kier alpha value is -2.53. The zero-order valence-corrected chi connectivity index (χ0v) is 18.5. The van der Waals surface area contributed by atoms with Crippen LogP contribution in [-0.2, 0) is 0 Å². The van der Waals surface area contributed by atoms with Crippen molar-refractivity contribution in [1.29, 1.82) is 0 Å². The van der Waals surface area contributed by atoms with Crippen LogP contribution in [0.5, 0.6) is 17.2 Å². The molecule has 0 radical (unpaired) electrons. The lowest BCUT2D eigenvalue weighted by molar-refractivity contribution is -0.926. The van der Waals surface area contributed by atoms with E-state index in [4.69, 9.17) is 9.47 Å². The fourth-order valence-electron chi connectivity index (χ4n) is 4.27. The maximum atomic E-state index is 12.6. The summed E-state index contributed by atoms with van der Waals surface area (Å²) in [6, 6.07) is 16.8. The van der Waals surface area contributed by atoms with Gasteiger partial charge in [0, 0.05) is 19.0 Å². The number of carbonyl (C=O) groups is 1. The van der Waals surface area contributed by atoms with Crippen LogP contribution in [0.3, 0.4) is 0 Å². The Labute approximate surface area is 180 Å². The fraction of sp³-hybridized carbons (Fsp3) is 0.480. The first kappa shape index (κ1) is 22.2. The van der Waals surface area contributed by atoms with Gasteiger partial charge in [-0.05, 0) is 70.0 Å². The number of ether oxygens (including phenoxy) is 2. The molecule has 30 heavy (non-hydrogen) atoms. The number of benzene rings is 2. The highest BCUT2D eigenvalue weighted by Gasteiger charge is 2.30. The first-order valence-electron chi connectivity index (χ1n) is 11.2. The van der Waals surface area contributed by atoms with Gasteiger partial charge in [-0.1, -0.05) is 18.2 Å². The van der Waals surface area contributed by atoms with Gasteiger partial charge in [0.1, 0.15) is 17.2 Å². The molecule has 5 nitrogen and oxygen atoms in total. The summed E-state index contributed by atoms with van der Waals surface area (Å²) in [6.45, 7) is 13.2. The second kappa shape index (κ2) is 10.5. The molecule has 1 fully saturated rings. The molecule has 0 bridgehead atoms. The lowest BCUT2D eigenvalue weighted by Crippen LogP contribution is -2.52. The van der Waals surface area contributed by atoms with Crippen molar-refractivity contribution in [2.75, 3.05) is 39.3 Å². The van der Waals surface area contributed by atoms with Gasteiger partial charge in [-0.15, -0.1) is 0 Å². The molecule has 1 aliphatic rings. The molecule has 0 aliphatic carbocycles. The molecular formula is C25H35N2O3+. The standard InChI is InChI=1S/C25H35N2O3/c1-4-27(5-2,6-3)20-21-16-18-26(19-17-21)25(28)30-24-14-12-23(13-15-24)29-22-10-8-7-9-11-22/h7-15,21H,4-6,16-20H2,1-3H3/q+1. The molecule has 2 aromatic rings. The molecule has 0 spiro atoms. The van der Waals surface area contributed by atoms with Crippen molar-refractivity contribution < 1.29 is 18.8 Å².